The molecule has 0 radical (unpaired) electrons. The summed E-state index contributed by atoms with van der Waals surface area (Å²) in [6.45, 7) is 3.78. The second-order valence-corrected chi connectivity index (χ2v) is 4.30. The fourth-order valence-corrected chi connectivity index (χ4v) is 1.47. The molecule has 1 rings (SSSR count). The lowest BCUT2D eigenvalue weighted by Gasteiger charge is -2.21. The summed E-state index contributed by atoms with van der Waals surface area (Å²) in [5.74, 6) is -1.29. The smallest absolute Gasteiger partial charge is 0.222 e. The van der Waals surface area contributed by atoms with E-state index < -0.39 is 11.6 Å². The summed E-state index contributed by atoms with van der Waals surface area (Å²) >= 11 is 0. The van der Waals surface area contributed by atoms with E-state index in [9.17, 15) is 13.6 Å². The second-order valence-electron chi connectivity index (χ2n) is 4.30. The number of amides is 1. The van der Waals surface area contributed by atoms with Crippen LogP contribution >= 0.6 is 0 Å². The first-order valence-corrected chi connectivity index (χ1v) is 5.62. The van der Waals surface area contributed by atoms with Crippen LogP contribution in [0, 0.1) is 11.6 Å². The summed E-state index contributed by atoms with van der Waals surface area (Å²) in [4.78, 5) is 13.2. The molecule has 4 heteroatoms. The molecule has 94 valence electrons. The number of carbonyl (C=O) groups is 1. The molecule has 0 atom stereocenters. The highest BCUT2D eigenvalue weighted by molar-refractivity contribution is 5.76. The molecule has 1 aromatic carbocycles. The summed E-state index contributed by atoms with van der Waals surface area (Å²) in [5.41, 5.74) is -0.0157. The van der Waals surface area contributed by atoms with E-state index in [-0.39, 0.29) is 30.4 Å². The molecule has 0 aliphatic heterocycles. The van der Waals surface area contributed by atoms with Crippen LogP contribution in [-0.2, 0) is 11.2 Å². The maximum atomic E-state index is 13.3. The molecule has 0 bridgehead atoms. The number of nitrogens with zero attached hydrogens (tertiary/aromatic N) is 1. The third-order valence-corrected chi connectivity index (χ3v) is 2.82. The van der Waals surface area contributed by atoms with Crippen molar-refractivity contribution in [2.24, 2.45) is 0 Å². The Labute approximate surface area is 100 Å². The number of halogens is 2. The predicted molar refractivity (Wildman–Crippen MR) is 62.6 cm³/mol. The van der Waals surface area contributed by atoms with Crippen molar-refractivity contribution in [2.75, 3.05) is 7.05 Å². The van der Waals surface area contributed by atoms with Crippen molar-refractivity contribution in [3.05, 3.63) is 35.4 Å². The fraction of sp³-hybridized carbons (Fsp3) is 0.462. The van der Waals surface area contributed by atoms with Gasteiger partial charge in [0.1, 0.15) is 11.6 Å². The molecule has 0 aliphatic carbocycles. The maximum absolute atomic E-state index is 13.3. The zero-order chi connectivity index (χ0) is 13.0. The number of hydrogen-bond donors (Lipinski definition) is 0. The minimum absolute atomic E-state index is 0.0157. The summed E-state index contributed by atoms with van der Waals surface area (Å²) in [7, 11) is 1.69. The van der Waals surface area contributed by atoms with Gasteiger partial charge in [-0.25, -0.2) is 8.78 Å². The van der Waals surface area contributed by atoms with Crippen LogP contribution in [0.4, 0.5) is 8.78 Å². The Balaban J connectivity index is 2.65. The van der Waals surface area contributed by atoms with Crippen molar-refractivity contribution in [3.8, 4) is 0 Å². The van der Waals surface area contributed by atoms with Crippen LogP contribution in [-0.4, -0.2) is 23.9 Å². The Hall–Kier alpha value is -1.45. The Morgan fingerprint density at radius 2 is 1.82 bits per heavy atom. The summed E-state index contributed by atoms with van der Waals surface area (Å²) in [6.07, 6.45) is 0.209. The van der Waals surface area contributed by atoms with Gasteiger partial charge in [0.05, 0.1) is 0 Å². The van der Waals surface area contributed by atoms with E-state index >= 15 is 0 Å². The van der Waals surface area contributed by atoms with Gasteiger partial charge in [0, 0.05) is 25.1 Å². The molecular weight excluding hydrogens is 224 g/mol. The predicted octanol–water partition coefficient (Wildman–Crippen LogP) is 2.76. The minimum atomic E-state index is -0.593. The summed E-state index contributed by atoms with van der Waals surface area (Å²) in [6, 6.07) is 3.81. The van der Waals surface area contributed by atoms with Gasteiger partial charge in [-0.1, -0.05) is 6.07 Å². The standard InChI is InChI=1S/C13H17F2NO/c1-9(2)16(3)13(17)8-7-10-11(14)5-4-6-12(10)15/h4-6,9H,7-8H2,1-3H3. The molecule has 0 aliphatic rings. The Morgan fingerprint density at radius 3 is 2.29 bits per heavy atom. The average molecular weight is 241 g/mol. The van der Waals surface area contributed by atoms with Crippen molar-refractivity contribution in [1.82, 2.24) is 4.90 Å². The number of hydrogen-bond acceptors (Lipinski definition) is 1. The zero-order valence-corrected chi connectivity index (χ0v) is 10.3. The lowest BCUT2D eigenvalue weighted by atomic mass is 10.1. The molecule has 1 aromatic rings. The molecule has 0 saturated heterocycles. The molecule has 0 N–H and O–H groups in total. The van der Waals surface area contributed by atoms with E-state index in [4.69, 9.17) is 0 Å². The van der Waals surface area contributed by atoms with Crippen LogP contribution in [0.15, 0.2) is 18.2 Å². The molecular formula is C13H17F2NO. The largest absolute Gasteiger partial charge is 0.343 e. The number of rotatable bonds is 4. The van der Waals surface area contributed by atoms with E-state index in [2.05, 4.69) is 0 Å². The Kier molecular flexibility index (Phi) is 4.61. The lowest BCUT2D eigenvalue weighted by molar-refractivity contribution is -0.131. The molecule has 0 saturated carbocycles. The van der Waals surface area contributed by atoms with Crippen molar-refractivity contribution < 1.29 is 13.6 Å². The third-order valence-electron chi connectivity index (χ3n) is 2.82. The van der Waals surface area contributed by atoms with E-state index in [1.807, 2.05) is 13.8 Å². The molecule has 0 heterocycles. The van der Waals surface area contributed by atoms with E-state index in [0.717, 1.165) is 0 Å². The van der Waals surface area contributed by atoms with Crippen LogP contribution in [0.2, 0.25) is 0 Å². The van der Waals surface area contributed by atoms with Crippen LogP contribution in [0.3, 0.4) is 0 Å². The van der Waals surface area contributed by atoms with Crippen molar-refractivity contribution >= 4 is 5.91 Å². The Bertz CT molecular complexity index is 384. The first-order chi connectivity index (χ1) is 7.93. The van der Waals surface area contributed by atoms with Crippen molar-refractivity contribution in [3.63, 3.8) is 0 Å². The van der Waals surface area contributed by atoms with E-state index in [1.165, 1.54) is 18.2 Å². The van der Waals surface area contributed by atoms with Gasteiger partial charge in [0.15, 0.2) is 0 Å². The van der Waals surface area contributed by atoms with Gasteiger partial charge < -0.3 is 4.90 Å². The maximum Gasteiger partial charge on any atom is 0.222 e. The van der Waals surface area contributed by atoms with Crippen LogP contribution < -0.4 is 0 Å². The van der Waals surface area contributed by atoms with Crippen molar-refractivity contribution in [2.45, 2.75) is 32.7 Å². The molecule has 0 unspecified atom stereocenters. The molecule has 0 spiro atoms. The number of benzene rings is 1. The highest BCUT2D eigenvalue weighted by Gasteiger charge is 2.14. The normalized spacial score (nSPS) is 10.7. The van der Waals surface area contributed by atoms with Gasteiger partial charge in [0.25, 0.3) is 0 Å². The van der Waals surface area contributed by atoms with Crippen LogP contribution in [0.25, 0.3) is 0 Å². The fourth-order valence-electron chi connectivity index (χ4n) is 1.47. The first-order valence-electron chi connectivity index (χ1n) is 5.62. The average Bonchev–Trinajstić information content (AvgIpc) is 2.26. The van der Waals surface area contributed by atoms with Gasteiger partial charge in [0.2, 0.25) is 5.91 Å². The Morgan fingerprint density at radius 1 is 1.29 bits per heavy atom. The molecule has 17 heavy (non-hydrogen) atoms. The minimum Gasteiger partial charge on any atom is -0.343 e. The van der Waals surface area contributed by atoms with Gasteiger partial charge >= 0.3 is 0 Å². The molecule has 0 fully saturated rings. The first kappa shape index (κ1) is 13.6. The van der Waals surface area contributed by atoms with E-state index in [1.54, 1.807) is 11.9 Å². The molecule has 0 aromatic heterocycles. The monoisotopic (exact) mass is 241 g/mol. The number of carbonyl (C=O) groups excluding carboxylic acids is 1. The highest BCUT2D eigenvalue weighted by atomic mass is 19.1. The van der Waals surface area contributed by atoms with Crippen LogP contribution in [0.5, 0.6) is 0 Å². The second kappa shape index (κ2) is 5.75. The van der Waals surface area contributed by atoms with Gasteiger partial charge in [-0.3, -0.25) is 4.79 Å². The van der Waals surface area contributed by atoms with E-state index in [0.29, 0.717) is 0 Å². The SMILES string of the molecule is CC(C)N(C)C(=O)CCc1c(F)cccc1F. The van der Waals surface area contributed by atoms with Gasteiger partial charge in [-0.2, -0.15) is 0 Å². The molecule has 1 amide bonds. The molecule has 2 nitrogen and oxygen atoms in total. The summed E-state index contributed by atoms with van der Waals surface area (Å²) < 4.78 is 26.6. The topological polar surface area (TPSA) is 20.3 Å². The highest BCUT2D eigenvalue weighted by Crippen LogP contribution is 2.14. The summed E-state index contributed by atoms with van der Waals surface area (Å²) in [5, 5.41) is 0. The zero-order valence-electron chi connectivity index (χ0n) is 10.3. The van der Waals surface area contributed by atoms with Gasteiger partial charge in [-0.05, 0) is 32.4 Å². The van der Waals surface area contributed by atoms with Crippen LogP contribution in [0.1, 0.15) is 25.8 Å². The lowest BCUT2D eigenvalue weighted by Crippen LogP contribution is -2.33. The van der Waals surface area contributed by atoms with Gasteiger partial charge in [-0.15, -0.1) is 0 Å². The van der Waals surface area contributed by atoms with Crippen molar-refractivity contribution in [1.29, 1.82) is 0 Å². The third kappa shape index (κ3) is 3.51. The quantitative estimate of drug-likeness (QED) is 0.793.